The highest BCUT2D eigenvalue weighted by atomic mass is 19.1. The maximum absolute atomic E-state index is 14.8. The van der Waals surface area contributed by atoms with E-state index in [0.717, 1.165) is 22.4 Å². The lowest BCUT2D eigenvalue weighted by Crippen LogP contribution is -2.42. The van der Waals surface area contributed by atoms with Crippen LogP contribution in [0.5, 0.6) is 0 Å². The van der Waals surface area contributed by atoms with Crippen molar-refractivity contribution in [2.45, 2.75) is 32.4 Å². The van der Waals surface area contributed by atoms with Crippen molar-refractivity contribution in [1.82, 2.24) is 15.1 Å². The summed E-state index contributed by atoms with van der Waals surface area (Å²) in [6.07, 6.45) is 3.39. The summed E-state index contributed by atoms with van der Waals surface area (Å²) in [4.78, 5) is 12.7. The van der Waals surface area contributed by atoms with Gasteiger partial charge >= 0.3 is 0 Å². The highest BCUT2D eigenvalue weighted by molar-refractivity contribution is 5.95. The summed E-state index contributed by atoms with van der Waals surface area (Å²) in [7, 11) is 0. The number of hydrogen-bond acceptors (Lipinski definition) is 4. The average Bonchev–Trinajstić information content (AvgIpc) is 3.41. The summed E-state index contributed by atoms with van der Waals surface area (Å²) in [6, 6.07) is 10.9. The normalized spacial score (nSPS) is 18.5. The predicted molar refractivity (Wildman–Crippen MR) is 110 cm³/mol. The molecule has 1 saturated heterocycles. The van der Waals surface area contributed by atoms with Crippen molar-refractivity contribution < 1.29 is 19.0 Å². The maximum atomic E-state index is 14.8. The molecule has 0 saturated carbocycles. The number of aromatic nitrogens is 2. The number of rotatable bonds is 5. The van der Waals surface area contributed by atoms with Crippen molar-refractivity contribution in [3.63, 3.8) is 0 Å². The fourth-order valence-corrected chi connectivity index (χ4v) is 3.64. The van der Waals surface area contributed by atoms with Gasteiger partial charge in [0.2, 0.25) is 0 Å². The summed E-state index contributed by atoms with van der Waals surface area (Å²) in [5.41, 5.74) is 4.15. The molecule has 6 nitrogen and oxygen atoms in total. The second kappa shape index (κ2) is 8.38. The Bertz CT molecular complexity index is 1050. The van der Waals surface area contributed by atoms with E-state index in [1.807, 2.05) is 43.5 Å². The molecule has 1 amide bonds. The van der Waals surface area contributed by atoms with E-state index in [9.17, 15) is 14.3 Å². The third-order valence-corrected chi connectivity index (χ3v) is 5.64. The lowest BCUT2D eigenvalue weighted by Gasteiger charge is -2.18. The van der Waals surface area contributed by atoms with E-state index < -0.39 is 23.9 Å². The van der Waals surface area contributed by atoms with Gasteiger partial charge in [0.25, 0.3) is 5.91 Å². The summed E-state index contributed by atoms with van der Waals surface area (Å²) in [5.74, 6) is -1.07. The molecule has 1 aromatic heterocycles. The number of carbonyl (C=O) groups excluding carboxylic acids is 1. The molecular formula is C23H24FN3O3. The first-order valence-corrected chi connectivity index (χ1v) is 9.88. The largest absolute Gasteiger partial charge is 0.388 e. The van der Waals surface area contributed by atoms with Crippen molar-refractivity contribution in [2.24, 2.45) is 0 Å². The molecule has 2 aromatic carbocycles. The smallest absolute Gasteiger partial charge is 0.254 e. The predicted octanol–water partition coefficient (Wildman–Crippen LogP) is 2.71. The van der Waals surface area contributed by atoms with Gasteiger partial charge in [-0.3, -0.25) is 4.79 Å². The van der Waals surface area contributed by atoms with Crippen molar-refractivity contribution in [3.8, 4) is 5.69 Å². The zero-order chi connectivity index (χ0) is 21.3. The van der Waals surface area contributed by atoms with Crippen LogP contribution in [0.15, 0.2) is 48.8 Å². The van der Waals surface area contributed by atoms with E-state index in [-0.39, 0.29) is 18.8 Å². The molecule has 0 bridgehead atoms. The van der Waals surface area contributed by atoms with Gasteiger partial charge in [0.05, 0.1) is 36.6 Å². The SMILES string of the molecule is Cc1c(Cc2ccc(-n3cccn3)cc2)cc(C(=O)N[C@H]2COC[C@@H]2O)c(F)c1C. The summed E-state index contributed by atoms with van der Waals surface area (Å²) in [5, 5.41) is 16.8. The minimum atomic E-state index is -0.781. The summed E-state index contributed by atoms with van der Waals surface area (Å²) < 4.78 is 21.8. The quantitative estimate of drug-likeness (QED) is 0.679. The van der Waals surface area contributed by atoms with E-state index >= 15 is 0 Å². The van der Waals surface area contributed by atoms with E-state index in [2.05, 4.69) is 10.4 Å². The first kappa shape index (κ1) is 20.3. The number of amides is 1. The molecule has 156 valence electrons. The third-order valence-electron chi connectivity index (χ3n) is 5.64. The molecule has 1 aliphatic rings. The molecule has 0 radical (unpaired) electrons. The van der Waals surface area contributed by atoms with Crippen LogP contribution >= 0.6 is 0 Å². The van der Waals surface area contributed by atoms with Crippen LogP contribution in [0, 0.1) is 19.7 Å². The molecular weight excluding hydrogens is 385 g/mol. The number of aliphatic hydroxyl groups excluding tert-OH is 1. The molecule has 30 heavy (non-hydrogen) atoms. The third kappa shape index (κ3) is 3.99. The first-order valence-electron chi connectivity index (χ1n) is 9.88. The molecule has 0 spiro atoms. The molecule has 2 atom stereocenters. The van der Waals surface area contributed by atoms with Crippen LogP contribution in [0.25, 0.3) is 5.69 Å². The Balaban J connectivity index is 1.58. The van der Waals surface area contributed by atoms with Gasteiger partial charge in [-0.1, -0.05) is 12.1 Å². The summed E-state index contributed by atoms with van der Waals surface area (Å²) >= 11 is 0. The molecule has 0 unspecified atom stereocenters. The van der Waals surface area contributed by atoms with Gasteiger partial charge in [-0.15, -0.1) is 0 Å². The van der Waals surface area contributed by atoms with Crippen LogP contribution < -0.4 is 5.32 Å². The number of ether oxygens (including phenoxy) is 1. The van der Waals surface area contributed by atoms with Crippen LogP contribution in [-0.4, -0.2) is 46.2 Å². The molecule has 3 aromatic rings. The molecule has 4 rings (SSSR count). The molecule has 7 heteroatoms. The van der Waals surface area contributed by atoms with Crippen molar-refractivity contribution in [1.29, 1.82) is 0 Å². The Morgan fingerprint density at radius 1 is 1.27 bits per heavy atom. The number of carbonyl (C=O) groups is 1. The fraction of sp³-hybridized carbons (Fsp3) is 0.304. The van der Waals surface area contributed by atoms with E-state index in [1.165, 1.54) is 0 Å². The number of aliphatic hydroxyl groups is 1. The molecule has 0 aliphatic carbocycles. The van der Waals surface area contributed by atoms with Crippen LogP contribution in [0.3, 0.4) is 0 Å². The van der Waals surface area contributed by atoms with E-state index in [1.54, 1.807) is 23.9 Å². The summed E-state index contributed by atoms with van der Waals surface area (Å²) in [6.45, 7) is 3.93. The molecule has 1 fully saturated rings. The number of hydrogen-bond donors (Lipinski definition) is 2. The second-order valence-corrected chi connectivity index (χ2v) is 7.63. The van der Waals surface area contributed by atoms with E-state index in [4.69, 9.17) is 4.74 Å². The fourth-order valence-electron chi connectivity index (χ4n) is 3.64. The second-order valence-electron chi connectivity index (χ2n) is 7.63. The Hall–Kier alpha value is -3.03. The topological polar surface area (TPSA) is 76.4 Å². The van der Waals surface area contributed by atoms with Gasteiger partial charge in [-0.25, -0.2) is 9.07 Å². The minimum Gasteiger partial charge on any atom is -0.388 e. The van der Waals surface area contributed by atoms with Crippen molar-refractivity contribution >= 4 is 5.91 Å². The van der Waals surface area contributed by atoms with Gasteiger partial charge in [0.1, 0.15) is 5.82 Å². The van der Waals surface area contributed by atoms with Gasteiger partial charge in [0, 0.05) is 12.4 Å². The Morgan fingerprint density at radius 3 is 2.67 bits per heavy atom. The zero-order valence-electron chi connectivity index (χ0n) is 16.9. The number of nitrogens with zero attached hydrogens (tertiary/aromatic N) is 2. The monoisotopic (exact) mass is 409 g/mol. The lowest BCUT2D eigenvalue weighted by atomic mass is 9.93. The van der Waals surface area contributed by atoms with Gasteiger partial charge in [-0.05, 0) is 66.8 Å². The van der Waals surface area contributed by atoms with Crippen molar-refractivity contribution in [2.75, 3.05) is 13.2 Å². The maximum Gasteiger partial charge on any atom is 0.254 e. The van der Waals surface area contributed by atoms with Crippen LogP contribution in [-0.2, 0) is 11.2 Å². The number of nitrogens with one attached hydrogen (secondary N) is 1. The van der Waals surface area contributed by atoms with E-state index in [0.29, 0.717) is 12.0 Å². The minimum absolute atomic E-state index is 0.0136. The standard InChI is InChI=1S/C23H24FN3O3/c1-14-15(2)22(24)19(23(29)26-20-12-30-13-21(20)28)11-17(14)10-16-4-6-18(7-5-16)27-9-3-8-25-27/h3-9,11,20-21,28H,10,12-13H2,1-2H3,(H,26,29)/t20-,21-/m0/s1. The lowest BCUT2D eigenvalue weighted by molar-refractivity contribution is 0.0882. The number of benzene rings is 2. The molecule has 2 heterocycles. The van der Waals surface area contributed by atoms with Crippen LogP contribution in [0.4, 0.5) is 4.39 Å². The van der Waals surface area contributed by atoms with Crippen molar-refractivity contribution in [3.05, 3.63) is 82.4 Å². The van der Waals surface area contributed by atoms with Gasteiger partial charge in [-0.2, -0.15) is 5.10 Å². The highest BCUT2D eigenvalue weighted by Gasteiger charge is 2.29. The highest BCUT2D eigenvalue weighted by Crippen LogP contribution is 2.24. The Labute approximate surface area is 174 Å². The molecule has 1 aliphatic heterocycles. The zero-order valence-corrected chi connectivity index (χ0v) is 16.9. The van der Waals surface area contributed by atoms with Crippen LogP contribution in [0.2, 0.25) is 0 Å². The number of halogens is 1. The van der Waals surface area contributed by atoms with Crippen LogP contribution in [0.1, 0.15) is 32.6 Å². The van der Waals surface area contributed by atoms with Gasteiger partial charge < -0.3 is 15.2 Å². The molecule has 2 N–H and O–H groups in total. The van der Waals surface area contributed by atoms with Gasteiger partial charge in [0.15, 0.2) is 0 Å². The Kier molecular flexibility index (Phi) is 5.65. The Morgan fingerprint density at radius 2 is 2.03 bits per heavy atom. The average molecular weight is 409 g/mol. The first-order chi connectivity index (χ1) is 14.4.